The van der Waals surface area contributed by atoms with Crippen LogP contribution in [0.1, 0.15) is 38.7 Å². The van der Waals surface area contributed by atoms with Crippen molar-refractivity contribution in [1.82, 2.24) is 9.80 Å². The largest absolute Gasteiger partial charge is 0.491 e. The number of piperidine rings is 1. The van der Waals surface area contributed by atoms with Crippen molar-refractivity contribution in [3.8, 4) is 5.75 Å². The van der Waals surface area contributed by atoms with E-state index in [-0.39, 0.29) is 30.4 Å². The fourth-order valence-corrected chi connectivity index (χ4v) is 3.76. The predicted molar refractivity (Wildman–Crippen MR) is 103 cm³/mol. The topological polar surface area (TPSA) is 59.1 Å². The third-order valence-electron chi connectivity index (χ3n) is 5.11. The molecule has 2 saturated heterocycles. The fraction of sp³-hybridized carbons (Fsp3) is 0.619. The van der Waals surface area contributed by atoms with E-state index >= 15 is 0 Å². The van der Waals surface area contributed by atoms with Gasteiger partial charge in [0.25, 0.3) is 0 Å². The summed E-state index contributed by atoms with van der Waals surface area (Å²) in [6, 6.07) is 7.32. The van der Waals surface area contributed by atoms with E-state index in [1.807, 2.05) is 43.0 Å². The van der Waals surface area contributed by atoms with E-state index in [9.17, 15) is 9.59 Å². The molecular formula is C21H30N2O4. The number of carbonyl (C=O) groups is 2. The molecule has 148 valence electrons. The van der Waals surface area contributed by atoms with E-state index < -0.39 is 0 Å². The minimum Gasteiger partial charge on any atom is -0.491 e. The third kappa shape index (κ3) is 5.01. The molecule has 6 heteroatoms. The number of para-hydroxylation sites is 1. The Morgan fingerprint density at radius 1 is 1.15 bits per heavy atom. The predicted octanol–water partition coefficient (Wildman–Crippen LogP) is 2.26. The van der Waals surface area contributed by atoms with Crippen LogP contribution in [0.3, 0.4) is 0 Å². The first-order chi connectivity index (χ1) is 13.1. The van der Waals surface area contributed by atoms with Crippen molar-refractivity contribution in [2.75, 3.05) is 32.8 Å². The van der Waals surface area contributed by atoms with Gasteiger partial charge in [-0.1, -0.05) is 18.2 Å². The summed E-state index contributed by atoms with van der Waals surface area (Å²) in [5.41, 5.74) is 0.874. The Balaban J connectivity index is 1.71. The Morgan fingerprint density at radius 2 is 1.89 bits per heavy atom. The normalized spacial score (nSPS) is 20.6. The third-order valence-corrected chi connectivity index (χ3v) is 5.11. The molecule has 2 heterocycles. The number of likely N-dealkylation sites (tertiary alicyclic amines) is 1. The van der Waals surface area contributed by atoms with Gasteiger partial charge in [0.1, 0.15) is 11.8 Å². The lowest BCUT2D eigenvalue weighted by Gasteiger charge is -2.39. The summed E-state index contributed by atoms with van der Waals surface area (Å²) in [6.07, 6.45) is 2.98. The van der Waals surface area contributed by atoms with E-state index in [1.165, 1.54) is 0 Å². The molecule has 2 aliphatic rings. The molecule has 3 rings (SSSR count). The summed E-state index contributed by atoms with van der Waals surface area (Å²) >= 11 is 0. The molecule has 1 unspecified atom stereocenters. The average Bonchev–Trinajstić information content (AvgIpc) is 2.69. The molecule has 27 heavy (non-hydrogen) atoms. The highest BCUT2D eigenvalue weighted by Gasteiger charge is 2.35. The van der Waals surface area contributed by atoms with Crippen LogP contribution in [0.5, 0.6) is 5.75 Å². The lowest BCUT2D eigenvalue weighted by molar-refractivity contribution is -0.149. The molecule has 1 aromatic carbocycles. The van der Waals surface area contributed by atoms with Crippen molar-refractivity contribution in [1.29, 1.82) is 0 Å². The maximum absolute atomic E-state index is 13.1. The van der Waals surface area contributed by atoms with Crippen molar-refractivity contribution < 1.29 is 19.1 Å². The summed E-state index contributed by atoms with van der Waals surface area (Å²) in [6.45, 7) is 6.97. The number of benzene rings is 1. The molecule has 0 radical (unpaired) electrons. The van der Waals surface area contributed by atoms with Crippen LogP contribution in [0.4, 0.5) is 0 Å². The summed E-state index contributed by atoms with van der Waals surface area (Å²) in [7, 11) is 0. The molecule has 2 fully saturated rings. The second kappa shape index (κ2) is 9.22. The van der Waals surface area contributed by atoms with E-state index in [1.54, 1.807) is 4.90 Å². The number of hydrogen-bond donors (Lipinski definition) is 0. The highest BCUT2D eigenvalue weighted by molar-refractivity contribution is 5.89. The van der Waals surface area contributed by atoms with Crippen LogP contribution in [0.2, 0.25) is 0 Å². The van der Waals surface area contributed by atoms with Crippen LogP contribution in [0, 0.1) is 0 Å². The summed E-state index contributed by atoms with van der Waals surface area (Å²) in [4.78, 5) is 29.7. The first kappa shape index (κ1) is 19.7. The maximum Gasteiger partial charge on any atom is 0.245 e. The molecule has 0 aliphatic carbocycles. The highest BCUT2D eigenvalue weighted by atomic mass is 16.5. The Morgan fingerprint density at radius 3 is 2.63 bits per heavy atom. The van der Waals surface area contributed by atoms with Gasteiger partial charge in [-0.15, -0.1) is 0 Å². The molecule has 1 aromatic rings. The summed E-state index contributed by atoms with van der Waals surface area (Å²) < 4.78 is 11.2. The van der Waals surface area contributed by atoms with Gasteiger partial charge in [-0.05, 0) is 39.2 Å². The van der Waals surface area contributed by atoms with Crippen molar-refractivity contribution in [2.45, 2.75) is 51.7 Å². The molecule has 6 nitrogen and oxygen atoms in total. The van der Waals surface area contributed by atoms with E-state index in [0.717, 1.165) is 30.6 Å². The summed E-state index contributed by atoms with van der Waals surface area (Å²) in [5, 5.41) is 0. The lowest BCUT2D eigenvalue weighted by atomic mass is 9.99. The quantitative estimate of drug-likeness (QED) is 0.793. The molecule has 1 atom stereocenters. The molecule has 0 N–H and O–H groups in total. The SMILES string of the molecule is CC(C)Oc1ccccc1CC(=O)N1CCCCC1C(=O)N1CCOCC1. The first-order valence-corrected chi connectivity index (χ1v) is 9.97. The van der Waals surface area contributed by atoms with Gasteiger partial charge in [0.2, 0.25) is 11.8 Å². The van der Waals surface area contributed by atoms with E-state index in [2.05, 4.69) is 0 Å². The minimum atomic E-state index is -0.345. The highest BCUT2D eigenvalue weighted by Crippen LogP contribution is 2.24. The monoisotopic (exact) mass is 374 g/mol. The Labute approximate surface area is 161 Å². The number of carbonyl (C=O) groups excluding carboxylic acids is 2. The molecule has 2 aliphatic heterocycles. The number of nitrogens with zero attached hydrogens (tertiary/aromatic N) is 2. The number of ether oxygens (including phenoxy) is 2. The van der Waals surface area contributed by atoms with Gasteiger partial charge in [-0.3, -0.25) is 9.59 Å². The van der Waals surface area contributed by atoms with Gasteiger partial charge in [0.05, 0.1) is 25.7 Å². The first-order valence-electron chi connectivity index (χ1n) is 9.97. The Bertz CT molecular complexity index is 655. The van der Waals surface area contributed by atoms with Gasteiger partial charge < -0.3 is 19.3 Å². The van der Waals surface area contributed by atoms with E-state index in [0.29, 0.717) is 32.8 Å². The van der Waals surface area contributed by atoms with Crippen LogP contribution in [0.15, 0.2) is 24.3 Å². The van der Waals surface area contributed by atoms with Crippen molar-refractivity contribution >= 4 is 11.8 Å². The van der Waals surface area contributed by atoms with Crippen LogP contribution < -0.4 is 4.74 Å². The zero-order valence-electron chi connectivity index (χ0n) is 16.4. The zero-order chi connectivity index (χ0) is 19.2. The van der Waals surface area contributed by atoms with Crippen molar-refractivity contribution in [2.24, 2.45) is 0 Å². The number of morpholine rings is 1. The van der Waals surface area contributed by atoms with E-state index in [4.69, 9.17) is 9.47 Å². The Hall–Kier alpha value is -2.08. The summed E-state index contributed by atoms with van der Waals surface area (Å²) in [5.74, 6) is 0.813. The number of amides is 2. The number of rotatable bonds is 5. The molecule has 0 saturated carbocycles. The molecule has 0 bridgehead atoms. The molecular weight excluding hydrogens is 344 g/mol. The Kier molecular flexibility index (Phi) is 6.72. The van der Waals surface area contributed by atoms with Crippen LogP contribution in [0.25, 0.3) is 0 Å². The van der Waals surface area contributed by atoms with Crippen molar-refractivity contribution in [3.63, 3.8) is 0 Å². The number of hydrogen-bond acceptors (Lipinski definition) is 4. The van der Waals surface area contributed by atoms with Gasteiger partial charge in [-0.25, -0.2) is 0 Å². The molecule has 2 amide bonds. The van der Waals surface area contributed by atoms with Crippen LogP contribution >= 0.6 is 0 Å². The fourth-order valence-electron chi connectivity index (χ4n) is 3.76. The maximum atomic E-state index is 13.1. The van der Waals surface area contributed by atoms with Crippen LogP contribution in [-0.2, 0) is 20.7 Å². The van der Waals surface area contributed by atoms with Crippen molar-refractivity contribution in [3.05, 3.63) is 29.8 Å². The zero-order valence-corrected chi connectivity index (χ0v) is 16.4. The van der Waals surface area contributed by atoms with Gasteiger partial charge >= 0.3 is 0 Å². The van der Waals surface area contributed by atoms with Crippen LogP contribution in [-0.4, -0.2) is 66.6 Å². The molecule has 0 aromatic heterocycles. The average molecular weight is 374 g/mol. The lowest BCUT2D eigenvalue weighted by Crippen LogP contribution is -2.55. The molecule has 0 spiro atoms. The second-order valence-corrected chi connectivity index (χ2v) is 7.49. The van der Waals surface area contributed by atoms with Gasteiger partial charge in [0, 0.05) is 25.2 Å². The standard InChI is InChI=1S/C21H30N2O4/c1-16(2)27-19-9-4-3-7-17(19)15-20(24)23-10-6-5-8-18(23)21(25)22-11-13-26-14-12-22/h3-4,7,9,16,18H,5-6,8,10-15H2,1-2H3. The smallest absolute Gasteiger partial charge is 0.245 e. The van der Waals surface area contributed by atoms with Gasteiger partial charge in [-0.2, -0.15) is 0 Å². The van der Waals surface area contributed by atoms with Gasteiger partial charge in [0.15, 0.2) is 0 Å². The second-order valence-electron chi connectivity index (χ2n) is 7.49. The minimum absolute atomic E-state index is 0.00103.